The molecule has 1 aliphatic heterocycles. The van der Waals surface area contributed by atoms with Crippen LogP contribution in [0.3, 0.4) is 0 Å². The van der Waals surface area contributed by atoms with Gasteiger partial charge in [-0.1, -0.05) is 30.3 Å². The molecule has 0 aliphatic carbocycles. The van der Waals surface area contributed by atoms with Crippen molar-refractivity contribution < 1.29 is 4.79 Å². The second-order valence-electron chi connectivity index (χ2n) is 6.43. The summed E-state index contributed by atoms with van der Waals surface area (Å²) in [6.07, 6.45) is 4.84. The zero-order chi connectivity index (χ0) is 19.3. The van der Waals surface area contributed by atoms with E-state index in [4.69, 9.17) is 0 Å². The Morgan fingerprint density at radius 3 is 2.32 bits per heavy atom. The van der Waals surface area contributed by atoms with Gasteiger partial charge in [0.25, 0.3) is 5.91 Å². The molecule has 1 saturated heterocycles. The first kappa shape index (κ1) is 17.6. The average Bonchev–Trinajstić information content (AvgIpc) is 2.79. The fraction of sp³-hybridized carbons (Fsp3) is 0.190. The van der Waals surface area contributed by atoms with Gasteiger partial charge in [-0.05, 0) is 12.1 Å². The van der Waals surface area contributed by atoms with Crippen LogP contribution in [0.25, 0.3) is 11.4 Å². The molecule has 3 heterocycles. The van der Waals surface area contributed by atoms with E-state index in [-0.39, 0.29) is 5.91 Å². The van der Waals surface area contributed by atoms with Crippen LogP contribution in [-0.2, 0) is 0 Å². The Bertz CT molecular complexity index is 1010. The maximum absolute atomic E-state index is 12.8. The van der Waals surface area contributed by atoms with Gasteiger partial charge in [0.2, 0.25) is 0 Å². The number of aromatic nitrogens is 3. The van der Waals surface area contributed by atoms with Gasteiger partial charge in [0.15, 0.2) is 5.82 Å². The molecule has 28 heavy (non-hydrogen) atoms. The summed E-state index contributed by atoms with van der Waals surface area (Å²) >= 11 is 0. The number of benzene rings is 1. The highest BCUT2D eigenvalue weighted by Gasteiger charge is 2.24. The summed E-state index contributed by atoms with van der Waals surface area (Å²) in [6.45, 7) is 2.36. The summed E-state index contributed by atoms with van der Waals surface area (Å²) in [5, 5.41) is 9.25. The Kier molecular flexibility index (Phi) is 4.93. The van der Waals surface area contributed by atoms with E-state index in [9.17, 15) is 10.1 Å². The Morgan fingerprint density at radius 2 is 1.64 bits per heavy atom. The van der Waals surface area contributed by atoms with E-state index in [1.54, 1.807) is 35.6 Å². The van der Waals surface area contributed by atoms with Crippen LogP contribution in [0.2, 0.25) is 0 Å². The number of anilines is 1. The minimum absolute atomic E-state index is 0.0826. The van der Waals surface area contributed by atoms with Gasteiger partial charge in [-0.15, -0.1) is 0 Å². The van der Waals surface area contributed by atoms with E-state index in [1.807, 2.05) is 35.2 Å². The van der Waals surface area contributed by atoms with Crippen LogP contribution < -0.4 is 4.90 Å². The zero-order valence-electron chi connectivity index (χ0n) is 15.2. The fourth-order valence-electron chi connectivity index (χ4n) is 3.21. The molecule has 2 aromatic heterocycles. The van der Waals surface area contributed by atoms with Crippen LogP contribution >= 0.6 is 0 Å². The minimum Gasteiger partial charge on any atom is -0.352 e. The van der Waals surface area contributed by atoms with Crippen molar-refractivity contribution in [2.45, 2.75) is 0 Å². The maximum atomic E-state index is 12.8. The van der Waals surface area contributed by atoms with E-state index in [2.05, 4.69) is 21.0 Å². The van der Waals surface area contributed by atoms with E-state index in [1.165, 1.54) is 0 Å². The van der Waals surface area contributed by atoms with Crippen molar-refractivity contribution in [2.24, 2.45) is 0 Å². The van der Waals surface area contributed by atoms with Crippen molar-refractivity contribution in [1.82, 2.24) is 19.9 Å². The third-order valence-corrected chi connectivity index (χ3v) is 4.70. The summed E-state index contributed by atoms with van der Waals surface area (Å²) in [4.78, 5) is 29.6. The zero-order valence-corrected chi connectivity index (χ0v) is 15.2. The Hall–Kier alpha value is -3.79. The van der Waals surface area contributed by atoms with Crippen LogP contribution in [-0.4, -0.2) is 51.9 Å². The molecule has 1 amide bonds. The van der Waals surface area contributed by atoms with Crippen molar-refractivity contribution in [3.05, 3.63) is 72.2 Å². The fourth-order valence-corrected chi connectivity index (χ4v) is 3.21. The van der Waals surface area contributed by atoms with Gasteiger partial charge in [0.05, 0.1) is 11.1 Å². The summed E-state index contributed by atoms with van der Waals surface area (Å²) in [6, 6.07) is 15.3. The van der Waals surface area contributed by atoms with Gasteiger partial charge in [-0.3, -0.25) is 4.79 Å². The highest BCUT2D eigenvalue weighted by molar-refractivity contribution is 5.94. The summed E-state index contributed by atoms with van der Waals surface area (Å²) in [7, 11) is 0. The van der Waals surface area contributed by atoms with Crippen molar-refractivity contribution in [2.75, 3.05) is 31.1 Å². The number of hydrogen-bond donors (Lipinski definition) is 0. The third kappa shape index (κ3) is 3.53. The van der Waals surface area contributed by atoms with Gasteiger partial charge in [-0.2, -0.15) is 5.26 Å². The minimum atomic E-state index is -0.0826. The van der Waals surface area contributed by atoms with Crippen LogP contribution in [0.15, 0.2) is 61.1 Å². The molecule has 0 bridgehead atoms. The molecule has 0 N–H and O–H groups in total. The van der Waals surface area contributed by atoms with E-state index in [0.717, 1.165) is 5.56 Å². The average molecular weight is 370 g/mol. The van der Waals surface area contributed by atoms with E-state index < -0.39 is 0 Å². The molecule has 0 saturated carbocycles. The summed E-state index contributed by atoms with van der Waals surface area (Å²) < 4.78 is 0. The Balaban J connectivity index is 1.42. The standard InChI is InChI=1S/C21H18N6O/c22-13-17-7-4-8-23-20(17)26-9-11-27(12-10-26)21(28)18-14-24-19(25-15-18)16-5-2-1-3-6-16/h1-8,14-15H,9-12H2. The summed E-state index contributed by atoms with van der Waals surface area (Å²) in [5.41, 5.74) is 1.94. The molecule has 0 unspecified atom stereocenters. The quantitative estimate of drug-likeness (QED) is 0.704. The molecule has 3 aromatic rings. The highest BCUT2D eigenvalue weighted by Crippen LogP contribution is 2.19. The lowest BCUT2D eigenvalue weighted by atomic mass is 10.2. The normalized spacial score (nSPS) is 13.8. The number of nitriles is 1. The number of hydrogen-bond acceptors (Lipinski definition) is 6. The molecule has 0 radical (unpaired) electrons. The molecular formula is C21H18N6O. The molecule has 0 atom stereocenters. The predicted octanol–water partition coefficient (Wildman–Crippen LogP) is 2.37. The van der Waals surface area contributed by atoms with Crippen LogP contribution in [0.1, 0.15) is 15.9 Å². The molecular weight excluding hydrogens is 352 g/mol. The van der Waals surface area contributed by atoms with Gasteiger partial charge >= 0.3 is 0 Å². The number of carbonyl (C=O) groups is 1. The molecule has 1 fully saturated rings. The topological polar surface area (TPSA) is 86.0 Å². The first-order valence-corrected chi connectivity index (χ1v) is 9.03. The van der Waals surface area contributed by atoms with E-state index in [0.29, 0.717) is 48.9 Å². The van der Waals surface area contributed by atoms with Gasteiger partial charge < -0.3 is 9.80 Å². The lowest BCUT2D eigenvalue weighted by Crippen LogP contribution is -2.49. The molecule has 7 heteroatoms. The van der Waals surface area contributed by atoms with Crippen molar-refractivity contribution >= 4 is 11.7 Å². The number of carbonyl (C=O) groups excluding carboxylic acids is 1. The molecule has 138 valence electrons. The van der Waals surface area contributed by atoms with Gasteiger partial charge in [0.1, 0.15) is 11.9 Å². The molecule has 7 nitrogen and oxygen atoms in total. The number of piperazine rings is 1. The number of nitrogens with zero attached hydrogens (tertiary/aromatic N) is 6. The van der Waals surface area contributed by atoms with Gasteiger partial charge in [-0.25, -0.2) is 15.0 Å². The molecule has 4 rings (SSSR count). The number of amides is 1. The molecule has 1 aromatic carbocycles. The first-order valence-electron chi connectivity index (χ1n) is 9.03. The monoisotopic (exact) mass is 370 g/mol. The largest absolute Gasteiger partial charge is 0.352 e. The number of rotatable bonds is 3. The summed E-state index contributed by atoms with van der Waals surface area (Å²) in [5.74, 6) is 1.19. The van der Waals surface area contributed by atoms with Crippen molar-refractivity contribution in [1.29, 1.82) is 5.26 Å². The SMILES string of the molecule is N#Cc1cccnc1N1CCN(C(=O)c2cnc(-c3ccccc3)nc2)CC1. The van der Waals surface area contributed by atoms with Gasteiger partial charge in [0, 0.05) is 50.3 Å². The Labute approximate surface area is 162 Å². The van der Waals surface area contributed by atoms with Crippen molar-refractivity contribution in [3.63, 3.8) is 0 Å². The maximum Gasteiger partial charge on any atom is 0.257 e. The second kappa shape index (κ2) is 7.84. The second-order valence-corrected chi connectivity index (χ2v) is 6.43. The first-order chi connectivity index (χ1) is 13.8. The lowest BCUT2D eigenvalue weighted by molar-refractivity contribution is 0.0745. The molecule has 1 aliphatic rings. The lowest BCUT2D eigenvalue weighted by Gasteiger charge is -2.35. The molecule has 0 spiro atoms. The van der Waals surface area contributed by atoms with Crippen LogP contribution in [0, 0.1) is 11.3 Å². The predicted molar refractivity (Wildman–Crippen MR) is 105 cm³/mol. The van der Waals surface area contributed by atoms with Crippen LogP contribution in [0.4, 0.5) is 5.82 Å². The smallest absolute Gasteiger partial charge is 0.257 e. The van der Waals surface area contributed by atoms with Crippen LogP contribution in [0.5, 0.6) is 0 Å². The third-order valence-electron chi connectivity index (χ3n) is 4.70. The van der Waals surface area contributed by atoms with E-state index >= 15 is 0 Å². The van der Waals surface area contributed by atoms with Crippen molar-refractivity contribution in [3.8, 4) is 17.5 Å². The number of pyridine rings is 1. The highest BCUT2D eigenvalue weighted by atomic mass is 16.2. The Morgan fingerprint density at radius 1 is 0.929 bits per heavy atom.